The van der Waals surface area contributed by atoms with Crippen LogP contribution >= 0.6 is 0 Å². The monoisotopic (exact) mass is 587 g/mol. The van der Waals surface area contributed by atoms with Gasteiger partial charge in [-0.1, -0.05) is 49.4 Å². The summed E-state index contributed by atoms with van der Waals surface area (Å²) in [4.78, 5) is 48.4. The molecule has 2 bridgehead atoms. The molecule has 0 aliphatic carbocycles. The summed E-state index contributed by atoms with van der Waals surface area (Å²) >= 11 is 0. The summed E-state index contributed by atoms with van der Waals surface area (Å²) in [5.41, 5.74) is 0.0988. The largest absolute Gasteiger partial charge is 0.497 e. The molecule has 3 fully saturated rings. The molecule has 0 aromatic heterocycles. The fourth-order valence-corrected chi connectivity index (χ4v) is 7.31. The van der Waals surface area contributed by atoms with E-state index in [9.17, 15) is 19.5 Å². The first kappa shape index (κ1) is 30.5. The molecule has 2 unspecified atom stereocenters. The number of methoxy groups -OCH3 is 1. The van der Waals surface area contributed by atoms with E-state index in [1.165, 1.54) is 4.90 Å². The van der Waals surface area contributed by atoms with E-state index < -0.39 is 42.2 Å². The SMILES string of the molecule is C=CCN(CCC)C(=O)[C@@H]1[C@H]2C(=O)N([C@H](CO)c3ccccc3)C(C(=O)N(CC=C)c3ccc(OC)cc3)C23CC[C@H]1O3. The molecule has 228 valence electrons. The number of fused-ring (bicyclic) bond motifs is 1. The van der Waals surface area contributed by atoms with Crippen LogP contribution in [0.25, 0.3) is 0 Å². The fraction of sp³-hybridized carbons (Fsp3) is 0.441. The van der Waals surface area contributed by atoms with Crippen molar-refractivity contribution in [2.75, 3.05) is 38.3 Å². The van der Waals surface area contributed by atoms with E-state index in [-0.39, 0.29) is 24.3 Å². The summed E-state index contributed by atoms with van der Waals surface area (Å²) in [6.45, 7) is 10.4. The van der Waals surface area contributed by atoms with Crippen molar-refractivity contribution in [2.24, 2.45) is 11.8 Å². The lowest BCUT2D eigenvalue weighted by atomic mass is 9.70. The molecule has 43 heavy (non-hydrogen) atoms. The zero-order valence-corrected chi connectivity index (χ0v) is 24.9. The van der Waals surface area contributed by atoms with Crippen LogP contribution in [0.5, 0.6) is 5.75 Å². The van der Waals surface area contributed by atoms with Crippen molar-refractivity contribution in [2.45, 2.75) is 50.0 Å². The molecule has 3 heterocycles. The topological polar surface area (TPSA) is 99.6 Å². The summed E-state index contributed by atoms with van der Waals surface area (Å²) in [6, 6.07) is 14.4. The Hall–Kier alpha value is -3.95. The lowest BCUT2D eigenvalue weighted by molar-refractivity contribution is -0.147. The number of amides is 3. The number of anilines is 1. The molecule has 9 nitrogen and oxygen atoms in total. The third-order valence-corrected chi connectivity index (χ3v) is 9.07. The number of aliphatic hydroxyl groups excluding tert-OH is 1. The molecule has 3 aliphatic rings. The van der Waals surface area contributed by atoms with Crippen molar-refractivity contribution in [3.8, 4) is 5.75 Å². The molecule has 0 radical (unpaired) electrons. The van der Waals surface area contributed by atoms with Gasteiger partial charge < -0.3 is 29.3 Å². The zero-order valence-electron chi connectivity index (χ0n) is 24.9. The number of benzene rings is 2. The van der Waals surface area contributed by atoms with Crippen LogP contribution in [0.1, 0.15) is 37.8 Å². The molecule has 3 saturated heterocycles. The number of hydrogen-bond donors (Lipinski definition) is 1. The summed E-state index contributed by atoms with van der Waals surface area (Å²) in [5.74, 6) is -1.78. The minimum Gasteiger partial charge on any atom is -0.497 e. The average molecular weight is 588 g/mol. The number of nitrogens with zero attached hydrogens (tertiary/aromatic N) is 3. The van der Waals surface area contributed by atoms with Crippen molar-refractivity contribution in [1.82, 2.24) is 9.80 Å². The van der Waals surface area contributed by atoms with Crippen LogP contribution < -0.4 is 9.64 Å². The molecule has 3 amide bonds. The van der Waals surface area contributed by atoms with Gasteiger partial charge in [-0.3, -0.25) is 14.4 Å². The Balaban J connectivity index is 1.62. The van der Waals surface area contributed by atoms with Gasteiger partial charge in [-0.15, -0.1) is 13.2 Å². The summed E-state index contributed by atoms with van der Waals surface area (Å²) in [7, 11) is 1.57. The Morgan fingerprint density at radius 1 is 1.12 bits per heavy atom. The highest BCUT2D eigenvalue weighted by Gasteiger charge is 2.75. The number of carbonyl (C=O) groups is 3. The number of likely N-dealkylation sites (tertiary alicyclic amines) is 1. The maximum absolute atomic E-state index is 14.8. The van der Waals surface area contributed by atoms with E-state index in [4.69, 9.17) is 9.47 Å². The fourth-order valence-electron chi connectivity index (χ4n) is 7.31. The standard InChI is InChI=1S/C34H41N3O6/c1-5-19-35(20-6-2)31(39)28-27-17-18-34(43-27)29(28)32(40)37(26(22-38)23-11-9-8-10-12-23)30(34)33(41)36(21-7-3)24-13-15-25(42-4)16-14-24/h5,7-16,26-30,38H,1,3,6,17-22H2,2,4H3/t26-,27-,28+,29+,30?,34?/m1/s1. The Bertz CT molecular complexity index is 1350. The van der Waals surface area contributed by atoms with Gasteiger partial charge in [-0.2, -0.15) is 0 Å². The number of aliphatic hydroxyl groups is 1. The van der Waals surface area contributed by atoms with Gasteiger partial charge in [0.15, 0.2) is 0 Å². The number of rotatable bonds is 13. The average Bonchev–Trinajstić information content (AvgIpc) is 3.68. The van der Waals surface area contributed by atoms with Crippen LogP contribution in [0.15, 0.2) is 79.9 Å². The van der Waals surface area contributed by atoms with Crippen LogP contribution in [-0.4, -0.2) is 83.7 Å². The quantitative estimate of drug-likeness (QED) is 0.359. The second kappa shape index (κ2) is 12.7. The third-order valence-electron chi connectivity index (χ3n) is 9.07. The van der Waals surface area contributed by atoms with Gasteiger partial charge in [0.05, 0.1) is 37.7 Å². The van der Waals surface area contributed by atoms with Gasteiger partial charge in [-0.05, 0) is 49.1 Å². The smallest absolute Gasteiger partial charge is 0.253 e. The summed E-state index contributed by atoms with van der Waals surface area (Å²) < 4.78 is 12.0. The molecule has 9 heteroatoms. The molecule has 2 aromatic rings. The van der Waals surface area contributed by atoms with E-state index in [2.05, 4.69) is 13.2 Å². The second-order valence-corrected chi connectivity index (χ2v) is 11.4. The van der Waals surface area contributed by atoms with E-state index in [1.54, 1.807) is 53.3 Å². The number of ether oxygens (including phenoxy) is 2. The Labute approximate surface area is 253 Å². The van der Waals surface area contributed by atoms with Gasteiger partial charge in [0, 0.05) is 25.3 Å². The van der Waals surface area contributed by atoms with Crippen LogP contribution in [0, 0.1) is 11.8 Å². The molecular weight excluding hydrogens is 546 g/mol. The van der Waals surface area contributed by atoms with Gasteiger partial charge in [0.25, 0.3) is 5.91 Å². The van der Waals surface area contributed by atoms with E-state index in [0.29, 0.717) is 42.9 Å². The molecular formula is C34H41N3O6. The highest BCUT2D eigenvalue weighted by atomic mass is 16.5. The molecule has 1 N–H and O–H groups in total. The Morgan fingerprint density at radius 2 is 1.81 bits per heavy atom. The molecule has 1 spiro atoms. The van der Waals surface area contributed by atoms with Crippen LogP contribution in [0.2, 0.25) is 0 Å². The first-order valence-electron chi connectivity index (χ1n) is 15.0. The number of carbonyl (C=O) groups excluding carboxylic acids is 3. The van der Waals surface area contributed by atoms with Gasteiger partial charge in [-0.25, -0.2) is 0 Å². The Morgan fingerprint density at radius 3 is 2.42 bits per heavy atom. The summed E-state index contributed by atoms with van der Waals surface area (Å²) in [6.07, 6.45) is 4.62. The lowest BCUT2D eigenvalue weighted by Gasteiger charge is -2.39. The first-order valence-corrected chi connectivity index (χ1v) is 15.0. The van der Waals surface area contributed by atoms with Crippen molar-refractivity contribution in [3.05, 3.63) is 85.5 Å². The van der Waals surface area contributed by atoms with E-state index >= 15 is 0 Å². The molecule has 5 rings (SSSR count). The Kier molecular flexibility index (Phi) is 9.03. The third kappa shape index (κ3) is 5.14. The molecule has 3 aliphatic heterocycles. The lowest BCUT2D eigenvalue weighted by Crippen LogP contribution is -2.57. The normalized spacial score (nSPS) is 26.1. The minimum absolute atomic E-state index is 0.155. The van der Waals surface area contributed by atoms with Gasteiger partial charge in [0.1, 0.15) is 17.4 Å². The highest BCUT2D eigenvalue weighted by molar-refractivity contribution is 6.05. The van der Waals surface area contributed by atoms with Crippen LogP contribution in [-0.2, 0) is 19.1 Å². The van der Waals surface area contributed by atoms with Crippen LogP contribution in [0.4, 0.5) is 5.69 Å². The highest BCUT2D eigenvalue weighted by Crippen LogP contribution is 2.60. The van der Waals surface area contributed by atoms with E-state index in [0.717, 1.165) is 6.42 Å². The predicted octanol–water partition coefficient (Wildman–Crippen LogP) is 3.75. The number of hydrogen-bond acceptors (Lipinski definition) is 6. The molecule has 0 saturated carbocycles. The van der Waals surface area contributed by atoms with Crippen molar-refractivity contribution in [1.29, 1.82) is 0 Å². The van der Waals surface area contributed by atoms with E-state index in [1.807, 2.05) is 37.3 Å². The maximum atomic E-state index is 14.8. The zero-order chi connectivity index (χ0) is 30.7. The molecule has 6 atom stereocenters. The minimum atomic E-state index is -1.21. The van der Waals surface area contributed by atoms with Gasteiger partial charge in [0.2, 0.25) is 11.8 Å². The summed E-state index contributed by atoms with van der Waals surface area (Å²) in [5, 5.41) is 10.7. The second-order valence-electron chi connectivity index (χ2n) is 11.4. The van der Waals surface area contributed by atoms with Crippen molar-refractivity contribution in [3.63, 3.8) is 0 Å². The first-order chi connectivity index (χ1) is 20.9. The molecule has 2 aromatic carbocycles. The van der Waals surface area contributed by atoms with Gasteiger partial charge >= 0.3 is 0 Å². The maximum Gasteiger partial charge on any atom is 0.253 e. The van der Waals surface area contributed by atoms with Crippen molar-refractivity contribution < 1.29 is 29.0 Å². The van der Waals surface area contributed by atoms with Crippen LogP contribution in [0.3, 0.4) is 0 Å². The predicted molar refractivity (Wildman–Crippen MR) is 163 cm³/mol. The van der Waals surface area contributed by atoms with Crippen molar-refractivity contribution >= 4 is 23.4 Å².